The molecule has 0 saturated heterocycles. The van der Waals surface area contributed by atoms with Crippen LogP contribution in [-0.2, 0) is 11.8 Å². The molecule has 0 aliphatic rings. The largest absolute Gasteiger partial charge is 0.480 e. The van der Waals surface area contributed by atoms with E-state index in [-0.39, 0.29) is 28.3 Å². The molecule has 1 amide bonds. The minimum absolute atomic E-state index is 0.0237. The molecule has 0 spiro atoms. The summed E-state index contributed by atoms with van der Waals surface area (Å²) in [5.41, 5.74) is -0.346. The summed E-state index contributed by atoms with van der Waals surface area (Å²) in [5.74, 6) is -1.89. The number of rotatable bonds is 4. The molecule has 0 aliphatic heterocycles. The van der Waals surface area contributed by atoms with Crippen molar-refractivity contribution in [1.29, 1.82) is 0 Å². The van der Waals surface area contributed by atoms with Gasteiger partial charge in [0.2, 0.25) is 5.71 Å². The molecule has 8 heteroatoms. The number of aryl methyl sites for hydroxylation is 2. The summed E-state index contributed by atoms with van der Waals surface area (Å²) in [6.07, 6.45) is 1.30. The maximum Gasteiger partial charge on any atom is 0.326 e. The van der Waals surface area contributed by atoms with Crippen LogP contribution in [0.2, 0.25) is 0 Å². The van der Waals surface area contributed by atoms with Crippen molar-refractivity contribution in [1.82, 2.24) is 14.9 Å². The highest BCUT2D eigenvalue weighted by molar-refractivity contribution is 6.07. The predicted octanol–water partition coefficient (Wildman–Crippen LogP) is 0.674. The summed E-state index contributed by atoms with van der Waals surface area (Å²) in [5, 5.41) is 11.6. The Hall–Kier alpha value is -2.64. The van der Waals surface area contributed by atoms with Crippen molar-refractivity contribution in [3.8, 4) is 0 Å². The molecular weight excluding hydrogens is 290 g/mol. The van der Waals surface area contributed by atoms with Crippen molar-refractivity contribution in [2.24, 2.45) is 13.0 Å². The summed E-state index contributed by atoms with van der Waals surface area (Å²) in [6.45, 7) is 4.89. The molecule has 22 heavy (non-hydrogen) atoms. The van der Waals surface area contributed by atoms with E-state index in [0.29, 0.717) is 0 Å². The van der Waals surface area contributed by atoms with E-state index in [4.69, 9.17) is 9.52 Å². The van der Waals surface area contributed by atoms with Crippen molar-refractivity contribution in [3.63, 3.8) is 0 Å². The Balaban J connectivity index is 2.53. The van der Waals surface area contributed by atoms with E-state index in [2.05, 4.69) is 10.3 Å². The molecule has 8 nitrogen and oxygen atoms in total. The van der Waals surface area contributed by atoms with Gasteiger partial charge in [-0.15, -0.1) is 0 Å². The fourth-order valence-electron chi connectivity index (χ4n) is 2.19. The molecule has 0 aromatic carbocycles. The first kappa shape index (κ1) is 15.7. The molecule has 0 bridgehead atoms. The van der Waals surface area contributed by atoms with Gasteiger partial charge in [-0.3, -0.25) is 9.59 Å². The highest BCUT2D eigenvalue weighted by Crippen LogP contribution is 2.21. The molecule has 2 N–H and O–H groups in total. The highest BCUT2D eigenvalue weighted by atomic mass is 16.4. The summed E-state index contributed by atoms with van der Waals surface area (Å²) >= 11 is 0. The smallest absolute Gasteiger partial charge is 0.326 e. The number of nitrogens with zero attached hydrogens (tertiary/aromatic N) is 2. The third-order valence-electron chi connectivity index (χ3n) is 3.39. The Morgan fingerprint density at radius 2 is 2.05 bits per heavy atom. The second kappa shape index (κ2) is 5.63. The average Bonchev–Trinajstić information content (AvgIpc) is 2.76. The second-order valence-electron chi connectivity index (χ2n) is 5.41. The molecule has 0 aliphatic carbocycles. The predicted molar refractivity (Wildman–Crippen MR) is 77.7 cm³/mol. The number of aromatic nitrogens is 2. The molecule has 1 atom stereocenters. The number of amides is 1. The molecule has 0 fully saturated rings. The molecule has 118 valence electrons. The van der Waals surface area contributed by atoms with Gasteiger partial charge in [0.25, 0.3) is 11.5 Å². The van der Waals surface area contributed by atoms with Gasteiger partial charge in [0, 0.05) is 7.05 Å². The van der Waals surface area contributed by atoms with Gasteiger partial charge in [0.15, 0.2) is 0 Å². The van der Waals surface area contributed by atoms with Gasteiger partial charge < -0.3 is 19.4 Å². The zero-order chi connectivity index (χ0) is 16.6. The number of nitrogens with one attached hydrogen (secondary N) is 1. The van der Waals surface area contributed by atoms with Crippen LogP contribution < -0.4 is 10.9 Å². The van der Waals surface area contributed by atoms with Crippen LogP contribution in [0.1, 0.15) is 30.0 Å². The third-order valence-corrected chi connectivity index (χ3v) is 3.39. The Labute approximate surface area is 125 Å². The van der Waals surface area contributed by atoms with Crippen LogP contribution in [0.5, 0.6) is 0 Å². The van der Waals surface area contributed by atoms with Gasteiger partial charge >= 0.3 is 5.97 Å². The monoisotopic (exact) mass is 307 g/mol. The Morgan fingerprint density at radius 1 is 1.41 bits per heavy atom. The Kier molecular flexibility index (Phi) is 4.03. The van der Waals surface area contributed by atoms with Crippen LogP contribution in [-0.4, -0.2) is 32.6 Å². The fourth-order valence-corrected chi connectivity index (χ4v) is 2.19. The van der Waals surface area contributed by atoms with Gasteiger partial charge in [-0.25, -0.2) is 9.78 Å². The summed E-state index contributed by atoms with van der Waals surface area (Å²) < 4.78 is 6.55. The lowest BCUT2D eigenvalue weighted by molar-refractivity contribution is -0.140. The number of carbonyl (C=O) groups is 2. The first-order chi connectivity index (χ1) is 10.2. The van der Waals surface area contributed by atoms with Crippen LogP contribution in [0.3, 0.4) is 0 Å². The number of carboxylic acid groups (broad SMARTS) is 1. The van der Waals surface area contributed by atoms with E-state index >= 15 is 0 Å². The number of carboxylic acids is 1. The topological polar surface area (TPSA) is 114 Å². The van der Waals surface area contributed by atoms with Crippen molar-refractivity contribution in [2.45, 2.75) is 26.8 Å². The van der Waals surface area contributed by atoms with Crippen LogP contribution in [0, 0.1) is 12.8 Å². The summed E-state index contributed by atoms with van der Waals surface area (Å²) in [4.78, 5) is 39.8. The van der Waals surface area contributed by atoms with E-state index in [0.717, 1.165) is 0 Å². The van der Waals surface area contributed by atoms with Gasteiger partial charge in [0.05, 0.1) is 5.56 Å². The minimum Gasteiger partial charge on any atom is -0.480 e. The fraction of sp³-hybridized carbons (Fsp3) is 0.429. The van der Waals surface area contributed by atoms with Crippen LogP contribution >= 0.6 is 0 Å². The minimum atomic E-state index is -1.14. The number of hydrogen-bond acceptors (Lipinski definition) is 5. The normalized spacial score (nSPS) is 12.6. The quantitative estimate of drug-likeness (QED) is 0.858. The first-order valence-corrected chi connectivity index (χ1v) is 6.72. The van der Waals surface area contributed by atoms with E-state index in [1.165, 1.54) is 24.9 Å². The molecule has 2 heterocycles. The van der Waals surface area contributed by atoms with Gasteiger partial charge in [0.1, 0.15) is 23.5 Å². The third kappa shape index (κ3) is 2.59. The van der Waals surface area contributed by atoms with Gasteiger partial charge in [-0.05, 0) is 12.8 Å². The van der Waals surface area contributed by atoms with Crippen LogP contribution in [0.4, 0.5) is 0 Å². The van der Waals surface area contributed by atoms with Crippen LogP contribution in [0.25, 0.3) is 11.1 Å². The number of fused-ring (bicyclic) bond motifs is 1. The van der Waals surface area contributed by atoms with E-state index < -0.39 is 23.5 Å². The molecule has 2 rings (SSSR count). The Morgan fingerprint density at radius 3 is 2.59 bits per heavy atom. The second-order valence-corrected chi connectivity index (χ2v) is 5.41. The molecule has 2 aromatic rings. The lowest BCUT2D eigenvalue weighted by Crippen LogP contribution is -2.44. The first-order valence-electron chi connectivity index (χ1n) is 6.72. The maximum absolute atomic E-state index is 12.4. The van der Waals surface area contributed by atoms with Crippen molar-refractivity contribution in [2.75, 3.05) is 0 Å². The summed E-state index contributed by atoms with van der Waals surface area (Å²) in [6, 6.07) is -1.06. The van der Waals surface area contributed by atoms with E-state index in [9.17, 15) is 14.4 Å². The number of furan rings is 1. The maximum atomic E-state index is 12.4. The number of carbonyl (C=O) groups excluding carboxylic acids is 1. The van der Waals surface area contributed by atoms with Crippen molar-refractivity contribution in [3.05, 3.63) is 28.0 Å². The van der Waals surface area contributed by atoms with Gasteiger partial charge in [-0.1, -0.05) is 13.8 Å². The van der Waals surface area contributed by atoms with Crippen molar-refractivity contribution < 1.29 is 19.1 Å². The molecule has 2 aromatic heterocycles. The molecule has 0 radical (unpaired) electrons. The number of hydrogen-bond donors (Lipinski definition) is 2. The lowest BCUT2D eigenvalue weighted by Gasteiger charge is -2.17. The van der Waals surface area contributed by atoms with Crippen molar-refractivity contribution >= 4 is 23.0 Å². The SMILES string of the molecule is Cc1oc2ncn(C)c(=O)c2c1C(=O)N[C@H](C(=O)O)C(C)C. The zero-order valence-electron chi connectivity index (χ0n) is 12.7. The lowest BCUT2D eigenvalue weighted by atomic mass is 10.0. The Bertz CT molecular complexity index is 803. The average molecular weight is 307 g/mol. The molecular formula is C14H17N3O5. The molecule has 0 unspecified atom stereocenters. The molecule has 0 saturated carbocycles. The standard InChI is InChI=1S/C14H17N3O5/c1-6(2)10(14(20)21)16-11(18)8-7(3)22-12-9(8)13(19)17(4)5-15-12/h5-6,10H,1-4H3,(H,16,18)(H,20,21)/t10-/m0/s1. The van der Waals surface area contributed by atoms with E-state index in [1.54, 1.807) is 13.8 Å². The van der Waals surface area contributed by atoms with Gasteiger partial charge in [-0.2, -0.15) is 0 Å². The van der Waals surface area contributed by atoms with Crippen LogP contribution in [0.15, 0.2) is 15.5 Å². The van der Waals surface area contributed by atoms with E-state index in [1.807, 2.05) is 0 Å². The highest BCUT2D eigenvalue weighted by Gasteiger charge is 2.28. The number of aliphatic carboxylic acids is 1. The zero-order valence-corrected chi connectivity index (χ0v) is 12.7. The summed E-state index contributed by atoms with van der Waals surface area (Å²) in [7, 11) is 1.51.